The molecule has 0 bridgehead atoms. The van der Waals surface area contributed by atoms with Gasteiger partial charge in [-0.1, -0.05) is 35.3 Å². The van der Waals surface area contributed by atoms with Crippen LogP contribution in [0.3, 0.4) is 0 Å². The number of rotatable bonds is 5. The second kappa shape index (κ2) is 7.72. The molecule has 0 atom stereocenters. The number of nitrogens with zero attached hydrogens (tertiary/aromatic N) is 2. The highest BCUT2D eigenvalue weighted by Crippen LogP contribution is 2.38. The molecule has 4 nitrogen and oxygen atoms in total. The van der Waals surface area contributed by atoms with Gasteiger partial charge in [-0.15, -0.1) is 11.3 Å². The van der Waals surface area contributed by atoms with Crippen LogP contribution in [-0.2, 0) is 0 Å². The Bertz CT molecular complexity index is 1100. The number of anilines is 2. The van der Waals surface area contributed by atoms with Crippen molar-refractivity contribution in [1.29, 1.82) is 0 Å². The van der Waals surface area contributed by atoms with Crippen LogP contribution in [0.1, 0.15) is 6.92 Å². The highest BCUT2D eigenvalue weighted by molar-refractivity contribution is 7.17. The summed E-state index contributed by atoms with van der Waals surface area (Å²) in [6.07, 6.45) is 1.55. The molecular weight excluding hydrogens is 401 g/mol. The molecule has 0 saturated heterocycles. The largest absolute Gasteiger partial charge is 0.494 e. The van der Waals surface area contributed by atoms with Gasteiger partial charge in [0.25, 0.3) is 0 Å². The molecule has 0 saturated carbocycles. The highest BCUT2D eigenvalue weighted by Gasteiger charge is 2.14. The number of ether oxygens (including phenoxy) is 1. The van der Waals surface area contributed by atoms with Crippen molar-refractivity contribution in [1.82, 2.24) is 9.97 Å². The molecule has 27 heavy (non-hydrogen) atoms. The van der Waals surface area contributed by atoms with Gasteiger partial charge in [0.1, 0.15) is 22.7 Å². The fourth-order valence-electron chi connectivity index (χ4n) is 2.80. The van der Waals surface area contributed by atoms with Gasteiger partial charge in [-0.3, -0.25) is 0 Å². The van der Waals surface area contributed by atoms with Crippen LogP contribution >= 0.6 is 34.5 Å². The van der Waals surface area contributed by atoms with E-state index in [4.69, 9.17) is 27.9 Å². The molecule has 2 heterocycles. The lowest BCUT2D eigenvalue weighted by Crippen LogP contribution is -1.96. The average Bonchev–Trinajstić information content (AvgIpc) is 3.10. The van der Waals surface area contributed by atoms with Crippen LogP contribution in [0.4, 0.5) is 11.5 Å². The average molecular weight is 416 g/mol. The maximum Gasteiger partial charge on any atom is 0.143 e. The Labute approximate surface area is 170 Å². The number of nitrogens with one attached hydrogen (secondary N) is 1. The molecular formula is C20H15Cl2N3OS. The van der Waals surface area contributed by atoms with Gasteiger partial charge >= 0.3 is 0 Å². The molecule has 0 radical (unpaired) electrons. The van der Waals surface area contributed by atoms with Crippen molar-refractivity contribution in [3.05, 3.63) is 64.2 Å². The lowest BCUT2D eigenvalue weighted by atomic mass is 10.1. The Kier molecular flexibility index (Phi) is 5.16. The quantitative estimate of drug-likeness (QED) is 0.388. The van der Waals surface area contributed by atoms with E-state index in [0.717, 1.165) is 32.8 Å². The summed E-state index contributed by atoms with van der Waals surface area (Å²) >= 11 is 13.9. The summed E-state index contributed by atoms with van der Waals surface area (Å²) in [6, 6.07) is 13.3. The number of halogens is 2. The molecule has 0 amide bonds. The van der Waals surface area contributed by atoms with Gasteiger partial charge in [0, 0.05) is 16.0 Å². The van der Waals surface area contributed by atoms with Gasteiger partial charge in [0.15, 0.2) is 0 Å². The van der Waals surface area contributed by atoms with Crippen LogP contribution in [0, 0.1) is 0 Å². The molecule has 0 spiro atoms. The van der Waals surface area contributed by atoms with Crippen LogP contribution in [0.5, 0.6) is 5.75 Å². The zero-order chi connectivity index (χ0) is 18.8. The third kappa shape index (κ3) is 3.72. The van der Waals surface area contributed by atoms with Crippen molar-refractivity contribution in [2.45, 2.75) is 6.92 Å². The number of fused-ring (bicyclic) bond motifs is 1. The van der Waals surface area contributed by atoms with Gasteiger partial charge in [-0.25, -0.2) is 9.97 Å². The molecule has 7 heteroatoms. The normalized spacial score (nSPS) is 10.9. The number of hydrogen-bond acceptors (Lipinski definition) is 5. The summed E-state index contributed by atoms with van der Waals surface area (Å²) in [4.78, 5) is 9.75. The number of benzene rings is 2. The summed E-state index contributed by atoms with van der Waals surface area (Å²) in [6.45, 7) is 2.61. The first-order valence-corrected chi connectivity index (χ1v) is 9.96. The number of thiophene rings is 1. The predicted octanol–water partition coefficient (Wildman–Crippen LogP) is 6.81. The van der Waals surface area contributed by atoms with Crippen molar-refractivity contribution in [2.75, 3.05) is 11.9 Å². The SMILES string of the molecule is CCOc1ccc(-c2csc3ncnc(Nc4ccc(Cl)cc4Cl)c23)cc1. The van der Waals surface area contributed by atoms with Gasteiger partial charge in [0.05, 0.1) is 22.7 Å². The molecule has 2 aromatic heterocycles. The first-order valence-electron chi connectivity index (χ1n) is 8.33. The van der Waals surface area contributed by atoms with Crippen LogP contribution < -0.4 is 10.1 Å². The van der Waals surface area contributed by atoms with Crippen molar-refractivity contribution in [3.63, 3.8) is 0 Å². The fourth-order valence-corrected chi connectivity index (χ4v) is 4.17. The van der Waals surface area contributed by atoms with E-state index in [1.54, 1.807) is 29.8 Å². The van der Waals surface area contributed by atoms with Gasteiger partial charge in [0.2, 0.25) is 0 Å². The van der Waals surface area contributed by atoms with Crippen molar-refractivity contribution in [3.8, 4) is 16.9 Å². The fraction of sp³-hybridized carbons (Fsp3) is 0.100. The Hall–Kier alpha value is -2.34. The Morgan fingerprint density at radius 3 is 2.63 bits per heavy atom. The lowest BCUT2D eigenvalue weighted by molar-refractivity contribution is 0.340. The Morgan fingerprint density at radius 2 is 1.89 bits per heavy atom. The van der Waals surface area contributed by atoms with Crippen LogP contribution in [0.15, 0.2) is 54.2 Å². The van der Waals surface area contributed by atoms with E-state index in [0.29, 0.717) is 22.5 Å². The molecule has 0 aliphatic rings. The molecule has 0 aliphatic carbocycles. The molecule has 1 N–H and O–H groups in total. The van der Waals surface area contributed by atoms with E-state index in [-0.39, 0.29) is 0 Å². The second-order valence-electron chi connectivity index (χ2n) is 5.76. The molecule has 0 fully saturated rings. The molecule has 2 aromatic carbocycles. The van der Waals surface area contributed by atoms with E-state index < -0.39 is 0 Å². The summed E-state index contributed by atoms with van der Waals surface area (Å²) in [5, 5.41) is 7.48. The first-order chi connectivity index (χ1) is 13.2. The molecule has 136 valence electrons. The molecule has 4 aromatic rings. The zero-order valence-corrected chi connectivity index (χ0v) is 16.7. The van der Waals surface area contributed by atoms with Gasteiger partial charge < -0.3 is 10.1 Å². The highest BCUT2D eigenvalue weighted by atomic mass is 35.5. The molecule has 0 unspecified atom stereocenters. The number of hydrogen-bond donors (Lipinski definition) is 1. The van der Waals surface area contributed by atoms with Gasteiger partial charge in [-0.05, 0) is 42.8 Å². The van der Waals surface area contributed by atoms with E-state index >= 15 is 0 Å². The maximum absolute atomic E-state index is 6.31. The summed E-state index contributed by atoms with van der Waals surface area (Å²) < 4.78 is 5.53. The first kappa shape index (κ1) is 18.0. The predicted molar refractivity (Wildman–Crippen MR) is 114 cm³/mol. The van der Waals surface area contributed by atoms with Crippen molar-refractivity contribution in [2.24, 2.45) is 0 Å². The molecule has 0 aliphatic heterocycles. The van der Waals surface area contributed by atoms with Crippen LogP contribution in [-0.4, -0.2) is 16.6 Å². The van der Waals surface area contributed by atoms with Gasteiger partial charge in [-0.2, -0.15) is 0 Å². The second-order valence-corrected chi connectivity index (χ2v) is 7.46. The van der Waals surface area contributed by atoms with Crippen molar-refractivity contribution >= 4 is 56.3 Å². The minimum Gasteiger partial charge on any atom is -0.494 e. The minimum atomic E-state index is 0.534. The standard InChI is InChI=1S/C20H15Cl2N3OS/c1-2-26-14-6-3-12(4-7-14)15-10-27-20-18(15)19(23-11-24-20)25-17-8-5-13(21)9-16(17)22/h3-11H,2H2,1H3,(H,23,24,25). The van der Waals surface area contributed by atoms with Crippen LogP contribution in [0.25, 0.3) is 21.3 Å². The van der Waals surface area contributed by atoms with E-state index in [9.17, 15) is 0 Å². The van der Waals surface area contributed by atoms with E-state index in [1.165, 1.54) is 0 Å². The third-order valence-electron chi connectivity index (χ3n) is 4.03. The minimum absolute atomic E-state index is 0.534. The summed E-state index contributed by atoms with van der Waals surface area (Å²) in [5.41, 5.74) is 2.88. The third-order valence-corrected chi connectivity index (χ3v) is 5.46. The van der Waals surface area contributed by atoms with E-state index in [2.05, 4.69) is 20.7 Å². The smallest absolute Gasteiger partial charge is 0.143 e. The van der Waals surface area contributed by atoms with Crippen LogP contribution in [0.2, 0.25) is 10.0 Å². The Balaban J connectivity index is 1.77. The topological polar surface area (TPSA) is 47.0 Å². The number of aromatic nitrogens is 2. The maximum atomic E-state index is 6.31. The summed E-state index contributed by atoms with van der Waals surface area (Å²) in [7, 11) is 0. The van der Waals surface area contributed by atoms with Crippen molar-refractivity contribution < 1.29 is 4.74 Å². The van der Waals surface area contributed by atoms with E-state index in [1.807, 2.05) is 37.3 Å². The lowest BCUT2D eigenvalue weighted by Gasteiger charge is -2.10. The Morgan fingerprint density at radius 1 is 1.07 bits per heavy atom. The monoisotopic (exact) mass is 415 g/mol. The summed E-state index contributed by atoms with van der Waals surface area (Å²) in [5.74, 6) is 1.55. The zero-order valence-electron chi connectivity index (χ0n) is 14.4. The molecule has 4 rings (SSSR count).